The number of hydrogen-bond donors (Lipinski definition) is 0. The van der Waals surface area contributed by atoms with Crippen LogP contribution in [-0.4, -0.2) is 6.61 Å². The predicted octanol–water partition coefficient (Wildman–Crippen LogP) is 6.85. The van der Waals surface area contributed by atoms with Gasteiger partial charge in [-0.3, -0.25) is 0 Å². The fraction of sp³-hybridized carbons (Fsp3) is 0.182. The Morgan fingerprint density at radius 3 is 1.93 bits per heavy atom. The van der Waals surface area contributed by atoms with Crippen LogP contribution in [0.25, 0.3) is 22.3 Å². The first-order valence-corrected chi connectivity index (χ1v) is 8.61. The van der Waals surface area contributed by atoms with Crippen LogP contribution in [0.1, 0.15) is 18.9 Å². The van der Waals surface area contributed by atoms with Crippen molar-refractivity contribution in [3.63, 3.8) is 0 Å². The van der Waals surface area contributed by atoms with Crippen LogP contribution in [0.4, 0.5) is 17.6 Å². The molecule has 0 heterocycles. The third-order valence-corrected chi connectivity index (χ3v) is 4.25. The van der Waals surface area contributed by atoms with Crippen molar-refractivity contribution in [3.05, 3.63) is 77.9 Å². The van der Waals surface area contributed by atoms with Gasteiger partial charge in [-0.15, -0.1) is 0 Å². The maximum absolute atomic E-state index is 14.6. The molecule has 0 radical (unpaired) electrons. The van der Waals surface area contributed by atoms with Gasteiger partial charge >= 0.3 is 6.61 Å². The molecule has 0 unspecified atom stereocenters. The van der Waals surface area contributed by atoms with Crippen LogP contribution in [0.2, 0.25) is 0 Å². The molecule has 0 saturated heterocycles. The van der Waals surface area contributed by atoms with E-state index in [1.807, 2.05) is 24.3 Å². The average Bonchev–Trinajstić information content (AvgIpc) is 2.64. The van der Waals surface area contributed by atoms with Crippen molar-refractivity contribution in [3.8, 4) is 28.0 Å². The maximum Gasteiger partial charge on any atom is 0.387 e. The van der Waals surface area contributed by atoms with E-state index in [2.05, 4.69) is 11.7 Å². The SMILES string of the molecule is CCCc1ccc(-c2ccc(-c3ccc(OC(F)F)c(F)c3)cc2F)cc1. The maximum atomic E-state index is 14.6. The number of ether oxygens (including phenoxy) is 1. The van der Waals surface area contributed by atoms with E-state index in [-0.39, 0.29) is 0 Å². The van der Waals surface area contributed by atoms with Gasteiger partial charge in [0.1, 0.15) is 5.82 Å². The van der Waals surface area contributed by atoms with E-state index in [0.717, 1.165) is 30.5 Å². The van der Waals surface area contributed by atoms with Gasteiger partial charge in [-0.2, -0.15) is 8.78 Å². The molecule has 27 heavy (non-hydrogen) atoms. The zero-order valence-corrected chi connectivity index (χ0v) is 14.7. The fourth-order valence-electron chi connectivity index (χ4n) is 2.94. The Labute approximate surface area is 155 Å². The lowest BCUT2D eigenvalue weighted by Crippen LogP contribution is -2.03. The average molecular weight is 374 g/mol. The van der Waals surface area contributed by atoms with Crippen LogP contribution in [0.15, 0.2) is 60.7 Å². The van der Waals surface area contributed by atoms with E-state index in [1.54, 1.807) is 12.1 Å². The summed E-state index contributed by atoms with van der Waals surface area (Å²) in [6.07, 6.45) is 2.01. The molecule has 3 aromatic carbocycles. The van der Waals surface area contributed by atoms with E-state index in [1.165, 1.54) is 17.7 Å². The van der Waals surface area contributed by atoms with E-state index in [4.69, 9.17) is 0 Å². The standard InChI is InChI=1S/C22H18F4O/c1-2-3-14-4-6-15(7-5-14)18-10-8-16(12-19(18)23)17-9-11-21(20(24)13-17)27-22(25)26/h4-13,22H,2-3H2,1H3. The lowest BCUT2D eigenvalue weighted by atomic mass is 9.98. The highest BCUT2D eigenvalue weighted by Gasteiger charge is 2.12. The number of rotatable bonds is 6. The zero-order valence-electron chi connectivity index (χ0n) is 14.7. The molecule has 3 rings (SSSR count). The molecule has 0 bridgehead atoms. The second-order valence-electron chi connectivity index (χ2n) is 6.17. The van der Waals surface area contributed by atoms with Gasteiger partial charge in [-0.05, 0) is 46.9 Å². The second kappa shape index (κ2) is 8.25. The molecule has 0 aliphatic rings. The van der Waals surface area contributed by atoms with Crippen molar-refractivity contribution < 1.29 is 22.3 Å². The topological polar surface area (TPSA) is 9.23 Å². The predicted molar refractivity (Wildman–Crippen MR) is 97.9 cm³/mol. The van der Waals surface area contributed by atoms with Gasteiger partial charge in [0.25, 0.3) is 0 Å². The summed E-state index contributed by atoms with van der Waals surface area (Å²) in [5.74, 6) is -1.91. The molecule has 1 nitrogen and oxygen atoms in total. The first kappa shape index (κ1) is 19.0. The van der Waals surface area contributed by atoms with Gasteiger partial charge in [0.2, 0.25) is 0 Å². The molecule has 0 aromatic heterocycles. The Kier molecular flexibility index (Phi) is 5.79. The molecule has 140 valence electrons. The zero-order chi connectivity index (χ0) is 19.4. The van der Waals surface area contributed by atoms with Gasteiger partial charge < -0.3 is 4.74 Å². The summed E-state index contributed by atoms with van der Waals surface area (Å²) >= 11 is 0. The van der Waals surface area contributed by atoms with Gasteiger partial charge in [0.05, 0.1) is 0 Å². The van der Waals surface area contributed by atoms with Crippen molar-refractivity contribution >= 4 is 0 Å². The number of hydrogen-bond acceptors (Lipinski definition) is 1. The Bertz CT molecular complexity index is 920. The van der Waals surface area contributed by atoms with E-state index < -0.39 is 24.0 Å². The lowest BCUT2D eigenvalue weighted by Gasteiger charge is -2.10. The number of aryl methyl sites for hydroxylation is 1. The Morgan fingerprint density at radius 2 is 1.37 bits per heavy atom. The summed E-state index contributed by atoms with van der Waals surface area (Å²) in [7, 11) is 0. The molecule has 0 amide bonds. The fourth-order valence-corrected chi connectivity index (χ4v) is 2.94. The van der Waals surface area contributed by atoms with Gasteiger partial charge in [-0.25, -0.2) is 8.78 Å². The van der Waals surface area contributed by atoms with Crippen molar-refractivity contribution in [2.24, 2.45) is 0 Å². The van der Waals surface area contributed by atoms with Crippen LogP contribution < -0.4 is 4.74 Å². The summed E-state index contributed by atoms with van der Waals surface area (Å²) < 4.78 is 57.0. The van der Waals surface area contributed by atoms with E-state index in [9.17, 15) is 17.6 Å². The minimum Gasteiger partial charge on any atom is -0.432 e. The number of halogens is 4. The molecular formula is C22H18F4O. The molecule has 0 atom stereocenters. The molecule has 0 aliphatic heterocycles. The molecule has 5 heteroatoms. The molecule has 0 N–H and O–H groups in total. The number of alkyl halides is 2. The largest absolute Gasteiger partial charge is 0.432 e. The molecule has 0 spiro atoms. The highest BCUT2D eigenvalue weighted by Crippen LogP contribution is 2.31. The van der Waals surface area contributed by atoms with Crippen LogP contribution in [0, 0.1) is 11.6 Å². The Morgan fingerprint density at radius 1 is 0.778 bits per heavy atom. The van der Waals surface area contributed by atoms with Gasteiger partial charge in [0, 0.05) is 5.56 Å². The summed E-state index contributed by atoms with van der Waals surface area (Å²) in [5, 5.41) is 0. The van der Waals surface area contributed by atoms with Crippen LogP contribution >= 0.6 is 0 Å². The molecule has 0 saturated carbocycles. The van der Waals surface area contributed by atoms with Crippen molar-refractivity contribution in [2.45, 2.75) is 26.4 Å². The highest BCUT2D eigenvalue weighted by molar-refractivity contribution is 5.71. The van der Waals surface area contributed by atoms with Gasteiger partial charge in [0.15, 0.2) is 11.6 Å². The Balaban J connectivity index is 1.87. The lowest BCUT2D eigenvalue weighted by molar-refractivity contribution is -0.0521. The monoisotopic (exact) mass is 374 g/mol. The molecule has 0 fully saturated rings. The van der Waals surface area contributed by atoms with E-state index >= 15 is 0 Å². The minimum atomic E-state index is -3.11. The van der Waals surface area contributed by atoms with Gasteiger partial charge in [-0.1, -0.05) is 55.8 Å². The smallest absolute Gasteiger partial charge is 0.387 e. The molecule has 0 aliphatic carbocycles. The summed E-state index contributed by atoms with van der Waals surface area (Å²) in [6, 6.07) is 15.9. The molecular weight excluding hydrogens is 356 g/mol. The van der Waals surface area contributed by atoms with Crippen molar-refractivity contribution in [1.29, 1.82) is 0 Å². The summed E-state index contributed by atoms with van der Waals surface area (Å²) in [5.41, 5.74) is 3.21. The Hall–Kier alpha value is -2.82. The normalized spacial score (nSPS) is 11.0. The van der Waals surface area contributed by atoms with Crippen molar-refractivity contribution in [1.82, 2.24) is 0 Å². The second-order valence-corrected chi connectivity index (χ2v) is 6.17. The third kappa shape index (κ3) is 4.48. The quantitative estimate of drug-likeness (QED) is 0.429. The van der Waals surface area contributed by atoms with Crippen LogP contribution in [-0.2, 0) is 6.42 Å². The van der Waals surface area contributed by atoms with E-state index in [0.29, 0.717) is 16.7 Å². The minimum absolute atomic E-state index is 0.373. The number of benzene rings is 3. The third-order valence-electron chi connectivity index (χ3n) is 4.25. The summed E-state index contributed by atoms with van der Waals surface area (Å²) in [6.45, 7) is -1.01. The van der Waals surface area contributed by atoms with Crippen molar-refractivity contribution in [2.75, 3.05) is 0 Å². The first-order valence-electron chi connectivity index (χ1n) is 8.61. The highest BCUT2D eigenvalue weighted by atomic mass is 19.3. The summed E-state index contributed by atoms with van der Waals surface area (Å²) in [4.78, 5) is 0. The first-order chi connectivity index (χ1) is 13.0. The van der Waals surface area contributed by atoms with Crippen LogP contribution in [0.3, 0.4) is 0 Å². The van der Waals surface area contributed by atoms with Crippen LogP contribution in [0.5, 0.6) is 5.75 Å². The molecule has 3 aromatic rings.